The Balaban J connectivity index is 2.28. The number of rotatable bonds is 5. The molecule has 0 amide bonds. The highest BCUT2D eigenvalue weighted by Crippen LogP contribution is 2.24. The number of aliphatic hydroxyl groups is 1. The predicted octanol–water partition coefficient (Wildman–Crippen LogP) is 2.55. The predicted molar refractivity (Wildman–Crippen MR) is 79.5 cm³/mol. The second-order valence-electron chi connectivity index (χ2n) is 4.68. The van der Waals surface area contributed by atoms with Crippen LogP contribution in [-0.4, -0.2) is 24.9 Å². The minimum absolute atomic E-state index is 0.0658. The van der Waals surface area contributed by atoms with Gasteiger partial charge < -0.3 is 9.52 Å². The Morgan fingerprint density at radius 3 is 2.62 bits per heavy atom. The zero-order valence-corrected chi connectivity index (χ0v) is 13.3. The smallest absolute Gasteiger partial charge is 0.246 e. The first-order chi connectivity index (χ1) is 9.84. The fourth-order valence-electron chi connectivity index (χ4n) is 2.00. The first-order valence-electron chi connectivity index (χ1n) is 6.25. The molecule has 0 aliphatic rings. The van der Waals surface area contributed by atoms with Crippen molar-refractivity contribution in [1.82, 2.24) is 4.31 Å². The first kappa shape index (κ1) is 16.0. The fourth-order valence-corrected chi connectivity index (χ4v) is 3.56. The fraction of sp³-hybridized carbons (Fsp3) is 0.286. The van der Waals surface area contributed by atoms with Crippen LogP contribution in [0.15, 0.2) is 39.6 Å². The number of aliphatic hydroxyl groups excluding tert-OH is 1. The Hall–Kier alpha value is -1.34. The number of hydrogen-bond acceptors (Lipinski definition) is 4. The van der Waals surface area contributed by atoms with E-state index in [-0.39, 0.29) is 29.6 Å². The lowest BCUT2D eigenvalue weighted by atomic mass is 10.2. The molecule has 0 aliphatic carbocycles. The third-order valence-electron chi connectivity index (χ3n) is 3.06. The van der Waals surface area contributed by atoms with Gasteiger partial charge in [0.1, 0.15) is 23.0 Å². The van der Waals surface area contributed by atoms with Gasteiger partial charge in [0, 0.05) is 24.7 Å². The van der Waals surface area contributed by atoms with Crippen molar-refractivity contribution in [1.29, 1.82) is 0 Å². The number of aryl methyl sites for hydroxylation is 1. The molecule has 0 unspecified atom stereocenters. The molecule has 1 N–H and O–H groups in total. The van der Waals surface area contributed by atoms with Crippen molar-refractivity contribution >= 4 is 21.6 Å². The average molecular weight is 330 g/mol. The lowest BCUT2D eigenvalue weighted by molar-refractivity contribution is 0.244. The molecule has 0 aliphatic heterocycles. The van der Waals surface area contributed by atoms with E-state index >= 15 is 0 Å². The number of nitrogens with zero attached hydrogens (tertiary/aromatic N) is 1. The molecule has 1 aromatic carbocycles. The molecule has 0 saturated heterocycles. The van der Waals surface area contributed by atoms with Gasteiger partial charge in [-0.15, -0.1) is 0 Å². The third kappa shape index (κ3) is 3.47. The van der Waals surface area contributed by atoms with E-state index in [0.29, 0.717) is 5.02 Å². The molecular weight excluding hydrogens is 314 g/mol. The van der Waals surface area contributed by atoms with Gasteiger partial charge >= 0.3 is 0 Å². The molecule has 21 heavy (non-hydrogen) atoms. The lowest BCUT2D eigenvalue weighted by Crippen LogP contribution is -2.26. The highest BCUT2D eigenvalue weighted by atomic mass is 35.5. The van der Waals surface area contributed by atoms with Crippen molar-refractivity contribution in [2.45, 2.75) is 25.0 Å². The summed E-state index contributed by atoms with van der Waals surface area (Å²) in [5.74, 6) is 0.485. The minimum Gasteiger partial charge on any atom is -0.462 e. The van der Waals surface area contributed by atoms with Crippen LogP contribution in [0.1, 0.15) is 17.1 Å². The molecule has 114 valence electrons. The molecule has 1 aromatic heterocycles. The second-order valence-corrected chi connectivity index (χ2v) is 7.13. The van der Waals surface area contributed by atoms with E-state index in [0.717, 1.165) is 5.56 Å². The van der Waals surface area contributed by atoms with Crippen molar-refractivity contribution in [3.05, 3.63) is 52.4 Å². The topological polar surface area (TPSA) is 70.8 Å². The third-order valence-corrected chi connectivity index (χ3v) is 5.21. The van der Waals surface area contributed by atoms with Gasteiger partial charge in [-0.05, 0) is 24.6 Å². The molecular formula is C14H16ClNO4S. The van der Waals surface area contributed by atoms with Crippen molar-refractivity contribution in [2.75, 3.05) is 7.05 Å². The molecule has 5 nitrogen and oxygen atoms in total. The van der Waals surface area contributed by atoms with E-state index in [4.69, 9.17) is 21.1 Å². The van der Waals surface area contributed by atoms with Gasteiger partial charge in [-0.3, -0.25) is 0 Å². The highest BCUT2D eigenvalue weighted by Gasteiger charge is 2.26. The van der Waals surface area contributed by atoms with Crippen molar-refractivity contribution < 1.29 is 17.9 Å². The molecule has 2 rings (SSSR count). The number of hydrogen-bond donors (Lipinski definition) is 1. The Labute approximate surface area is 128 Å². The number of benzene rings is 1. The molecule has 0 spiro atoms. The van der Waals surface area contributed by atoms with Crippen LogP contribution >= 0.6 is 11.6 Å². The van der Waals surface area contributed by atoms with Crippen LogP contribution in [-0.2, 0) is 23.2 Å². The van der Waals surface area contributed by atoms with E-state index in [1.54, 1.807) is 31.2 Å². The van der Waals surface area contributed by atoms with Crippen molar-refractivity contribution in [3.63, 3.8) is 0 Å². The summed E-state index contributed by atoms with van der Waals surface area (Å²) in [6, 6.07) is 8.37. The van der Waals surface area contributed by atoms with Gasteiger partial charge in [-0.25, -0.2) is 8.42 Å². The van der Waals surface area contributed by atoms with E-state index in [2.05, 4.69) is 0 Å². The van der Waals surface area contributed by atoms with Crippen LogP contribution < -0.4 is 0 Å². The zero-order valence-electron chi connectivity index (χ0n) is 11.7. The Morgan fingerprint density at radius 1 is 1.33 bits per heavy atom. The highest BCUT2D eigenvalue weighted by molar-refractivity contribution is 7.89. The molecule has 0 saturated carbocycles. The largest absolute Gasteiger partial charge is 0.462 e. The summed E-state index contributed by atoms with van der Waals surface area (Å²) in [6.45, 7) is 1.41. The monoisotopic (exact) mass is 329 g/mol. The lowest BCUT2D eigenvalue weighted by Gasteiger charge is -2.16. The van der Waals surface area contributed by atoms with Crippen LogP contribution in [0, 0.1) is 6.92 Å². The Kier molecular flexibility index (Phi) is 4.73. The van der Waals surface area contributed by atoms with Crippen LogP contribution in [0.2, 0.25) is 5.02 Å². The van der Waals surface area contributed by atoms with Crippen molar-refractivity contribution in [3.8, 4) is 0 Å². The number of halogens is 1. The van der Waals surface area contributed by atoms with Crippen LogP contribution in [0.25, 0.3) is 0 Å². The second kappa shape index (κ2) is 6.19. The summed E-state index contributed by atoms with van der Waals surface area (Å²) >= 11 is 5.90. The summed E-state index contributed by atoms with van der Waals surface area (Å²) in [5, 5.41) is 9.58. The van der Waals surface area contributed by atoms with Gasteiger partial charge in [0.2, 0.25) is 10.0 Å². The Bertz CT molecular complexity index is 739. The molecule has 0 bridgehead atoms. The molecule has 0 radical (unpaired) electrons. The maximum Gasteiger partial charge on any atom is 0.246 e. The summed E-state index contributed by atoms with van der Waals surface area (Å²) < 4.78 is 31.5. The van der Waals surface area contributed by atoms with E-state index in [1.165, 1.54) is 17.4 Å². The molecule has 1 heterocycles. The zero-order chi connectivity index (χ0) is 15.6. The van der Waals surface area contributed by atoms with Gasteiger partial charge in [-0.2, -0.15) is 4.31 Å². The number of furan rings is 1. The molecule has 7 heteroatoms. The first-order valence-corrected chi connectivity index (χ1v) is 8.07. The summed E-state index contributed by atoms with van der Waals surface area (Å²) in [4.78, 5) is 0.0658. The minimum atomic E-state index is -3.68. The van der Waals surface area contributed by atoms with Gasteiger partial charge in [0.15, 0.2) is 0 Å². The molecule has 2 aromatic rings. The normalized spacial score (nSPS) is 12.0. The van der Waals surface area contributed by atoms with Gasteiger partial charge in [0.05, 0.1) is 0 Å². The maximum absolute atomic E-state index is 12.5. The maximum atomic E-state index is 12.5. The van der Waals surface area contributed by atoms with Gasteiger partial charge in [0.25, 0.3) is 0 Å². The standard InChI is InChI=1S/C14H16ClNO4S/c1-10-14(7-13(9-17)20-10)21(18,19)16(2)8-11-4-3-5-12(15)6-11/h3-7,17H,8-9H2,1-2H3. The molecule has 0 atom stereocenters. The Morgan fingerprint density at radius 2 is 2.05 bits per heavy atom. The quantitative estimate of drug-likeness (QED) is 0.915. The van der Waals surface area contributed by atoms with Gasteiger partial charge in [-0.1, -0.05) is 23.7 Å². The van der Waals surface area contributed by atoms with Crippen LogP contribution in [0.3, 0.4) is 0 Å². The summed E-state index contributed by atoms with van der Waals surface area (Å²) in [5.41, 5.74) is 0.789. The van der Waals surface area contributed by atoms with Crippen LogP contribution in [0.4, 0.5) is 0 Å². The average Bonchev–Trinajstić information content (AvgIpc) is 2.80. The SMILES string of the molecule is Cc1oc(CO)cc1S(=O)(=O)N(C)Cc1cccc(Cl)c1. The van der Waals surface area contributed by atoms with Crippen LogP contribution in [0.5, 0.6) is 0 Å². The molecule has 0 fully saturated rings. The number of sulfonamides is 1. The summed E-state index contributed by atoms with van der Waals surface area (Å²) in [6.07, 6.45) is 0. The van der Waals surface area contributed by atoms with E-state index in [1.807, 2.05) is 0 Å². The van der Waals surface area contributed by atoms with Crippen molar-refractivity contribution in [2.24, 2.45) is 0 Å². The summed E-state index contributed by atoms with van der Waals surface area (Å²) in [7, 11) is -2.20. The van der Waals surface area contributed by atoms with E-state index < -0.39 is 10.0 Å². The van der Waals surface area contributed by atoms with E-state index in [9.17, 15) is 8.42 Å².